The Morgan fingerprint density at radius 1 is 1.38 bits per heavy atom. The van der Waals surface area contributed by atoms with E-state index in [9.17, 15) is 13.2 Å². The molecule has 2 aromatic rings. The van der Waals surface area contributed by atoms with Crippen LogP contribution in [0.1, 0.15) is 18.7 Å². The zero-order valence-corrected chi connectivity index (χ0v) is 12.6. The van der Waals surface area contributed by atoms with Crippen molar-refractivity contribution in [3.05, 3.63) is 22.4 Å². The molecule has 3 heterocycles. The maximum atomic E-state index is 12.8. The molecule has 0 bridgehead atoms. The van der Waals surface area contributed by atoms with Crippen molar-refractivity contribution in [3.63, 3.8) is 0 Å². The minimum atomic E-state index is -4.13. The zero-order chi connectivity index (χ0) is 15.0. The molecule has 114 valence electrons. The van der Waals surface area contributed by atoms with Crippen LogP contribution in [0.4, 0.5) is 13.2 Å². The lowest BCUT2D eigenvalue weighted by Gasteiger charge is -2.33. The Bertz CT molecular complexity index is 643. The first-order chi connectivity index (χ1) is 9.93. The van der Waals surface area contributed by atoms with Crippen LogP contribution in [-0.4, -0.2) is 34.1 Å². The van der Waals surface area contributed by atoms with Crippen LogP contribution < -0.4 is 0 Å². The highest BCUT2D eigenvalue weighted by Crippen LogP contribution is 2.33. The summed E-state index contributed by atoms with van der Waals surface area (Å²) in [5.41, 5.74) is 0. The summed E-state index contributed by atoms with van der Waals surface area (Å²) in [6.07, 6.45) is -3.39. The molecule has 1 saturated heterocycles. The molecular formula is C13H13ClF3N3S. The number of thiophene rings is 1. The van der Waals surface area contributed by atoms with E-state index in [1.54, 1.807) is 4.90 Å². The van der Waals surface area contributed by atoms with Crippen molar-refractivity contribution in [3.8, 4) is 0 Å². The Kier molecular flexibility index (Phi) is 4.07. The predicted molar refractivity (Wildman–Crippen MR) is 76.5 cm³/mol. The monoisotopic (exact) mass is 335 g/mol. The quantitative estimate of drug-likeness (QED) is 0.773. The van der Waals surface area contributed by atoms with E-state index < -0.39 is 12.1 Å². The van der Waals surface area contributed by atoms with Gasteiger partial charge in [0.25, 0.3) is 0 Å². The molecule has 8 heteroatoms. The predicted octanol–water partition coefficient (Wildman–Crippen LogP) is 4.12. The summed E-state index contributed by atoms with van der Waals surface area (Å²) in [4.78, 5) is 11.1. The fourth-order valence-electron chi connectivity index (χ4n) is 2.60. The van der Waals surface area contributed by atoms with Gasteiger partial charge in [0, 0.05) is 11.9 Å². The van der Waals surface area contributed by atoms with Crippen molar-refractivity contribution >= 4 is 33.2 Å². The summed E-state index contributed by atoms with van der Waals surface area (Å²) in [5.74, 6) is -0.773. The van der Waals surface area contributed by atoms with Crippen LogP contribution in [0.5, 0.6) is 0 Å². The number of hydrogen-bond donors (Lipinski definition) is 0. The van der Waals surface area contributed by atoms with Crippen LogP contribution >= 0.6 is 22.9 Å². The third-order valence-electron chi connectivity index (χ3n) is 3.66. The van der Waals surface area contributed by atoms with Crippen LogP contribution in [-0.2, 0) is 6.54 Å². The normalized spacial score (nSPS) is 21.0. The summed E-state index contributed by atoms with van der Waals surface area (Å²) in [7, 11) is 0. The van der Waals surface area contributed by atoms with Gasteiger partial charge in [0.1, 0.15) is 15.8 Å². The highest BCUT2D eigenvalue weighted by atomic mass is 35.5. The number of fused-ring (bicyclic) bond motifs is 1. The lowest BCUT2D eigenvalue weighted by Crippen LogP contribution is -2.41. The maximum absolute atomic E-state index is 12.8. The largest absolute Gasteiger partial charge is 0.393 e. The maximum Gasteiger partial charge on any atom is 0.393 e. The molecule has 0 radical (unpaired) electrons. The van der Waals surface area contributed by atoms with E-state index in [2.05, 4.69) is 9.97 Å². The number of hydrogen-bond acceptors (Lipinski definition) is 4. The molecule has 1 atom stereocenters. The lowest BCUT2D eigenvalue weighted by molar-refractivity contribution is -0.187. The van der Waals surface area contributed by atoms with Gasteiger partial charge >= 0.3 is 6.18 Å². The van der Waals surface area contributed by atoms with Gasteiger partial charge < -0.3 is 0 Å². The van der Waals surface area contributed by atoms with E-state index in [4.69, 9.17) is 11.6 Å². The fraction of sp³-hybridized carbons (Fsp3) is 0.538. The first-order valence-corrected chi connectivity index (χ1v) is 7.88. The van der Waals surface area contributed by atoms with Gasteiger partial charge in [-0.3, -0.25) is 4.90 Å². The van der Waals surface area contributed by atoms with Crippen molar-refractivity contribution in [1.82, 2.24) is 14.9 Å². The van der Waals surface area contributed by atoms with E-state index in [1.807, 2.05) is 11.4 Å². The van der Waals surface area contributed by atoms with Gasteiger partial charge in [0.2, 0.25) is 0 Å². The first-order valence-electron chi connectivity index (χ1n) is 6.62. The molecular weight excluding hydrogens is 323 g/mol. The van der Waals surface area contributed by atoms with Gasteiger partial charge in [-0.1, -0.05) is 11.6 Å². The number of alkyl halides is 3. The molecule has 0 aliphatic carbocycles. The second-order valence-electron chi connectivity index (χ2n) is 5.19. The highest BCUT2D eigenvalue weighted by Gasteiger charge is 2.41. The van der Waals surface area contributed by atoms with E-state index in [0.717, 1.165) is 10.2 Å². The average Bonchev–Trinajstić information content (AvgIpc) is 2.87. The SMILES string of the molecule is FC(F)(F)C1CCCN(Cc2nc(Cl)c3ccsc3n2)C1. The Balaban J connectivity index is 1.75. The minimum Gasteiger partial charge on any atom is -0.295 e. The fourth-order valence-corrected chi connectivity index (χ4v) is 3.69. The van der Waals surface area contributed by atoms with Crippen molar-refractivity contribution in [1.29, 1.82) is 0 Å². The lowest BCUT2D eigenvalue weighted by atomic mass is 9.97. The van der Waals surface area contributed by atoms with Gasteiger partial charge in [-0.15, -0.1) is 11.3 Å². The van der Waals surface area contributed by atoms with Crippen molar-refractivity contribution < 1.29 is 13.2 Å². The Labute approximate surface area is 128 Å². The van der Waals surface area contributed by atoms with Gasteiger partial charge in [0.05, 0.1) is 12.5 Å². The molecule has 21 heavy (non-hydrogen) atoms. The molecule has 0 spiro atoms. The van der Waals surface area contributed by atoms with Crippen LogP contribution in [0.15, 0.2) is 11.4 Å². The van der Waals surface area contributed by atoms with Crippen molar-refractivity contribution in [2.45, 2.75) is 25.6 Å². The number of nitrogens with zero attached hydrogens (tertiary/aromatic N) is 3. The topological polar surface area (TPSA) is 29.0 Å². The Morgan fingerprint density at radius 2 is 2.19 bits per heavy atom. The number of likely N-dealkylation sites (tertiary alicyclic amines) is 1. The summed E-state index contributed by atoms with van der Waals surface area (Å²) < 4.78 is 38.4. The van der Waals surface area contributed by atoms with Crippen LogP contribution in [0.25, 0.3) is 10.2 Å². The summed E-state index contributed by atoms with van der Waals surface area (Å²) in [6.45, 7) is 0.948. The molecule has 0 aromatic carbocycles. The standard InChI is InChI=1S/C13H13ClF3N3S/c14-11-9-3-5-21-12(9)19-10(18-11)7-20-4-1-2-8(6-20)13(15,16)17/h3,5,8H,1-2,4,6-7H2. The Hall–Kier alpha value is -0.920. The molecule has 1 aliphatic rings. The third kappa shape index (κ3) is 3.30. The summed E-state index contributed by atoms with van der Waals surface area (Å²) in [5, 5.41) is 3.02. The summed E-state index contributed by atoms with van der Waals surface area (Å²) >= 11 is 7.53. The van der Waals surface area contributed by atoms with Crippen molar-refractivity contribution in [2.24, 2.45) is 5.92 Å². The molecule has 3 rings (SSSR count). The number of aromatic nitrogens is 2. The second-order valence-corrected chi connectivity index (χ2v) is 6.44. The van der Waals surface area contributed by atoms with Crippen LogP contribution in [0.2, 0.25) is 5.15 Å². The van der Waals surface area contributed by atoms with Crippen molar-refractivity contribution in [2.75, 3.05) is 13.1 Å². The molecule has 0 amide bonds. The minimum absolute atomic E-state index is 0.00690. The molecule has 1 aliphatic heterocycles. The molecule has 0 N–H and O–H groups in total. The molecule has 1 fully saturated rings. The van der Waals surface area contributed by atoms with Crippen LogP contribution in [0, 0.1) is 5.92 Å². The summed E-state index contributed by atoms with van der Waals surface area (Å²) in [6, 6.07) is 1.84. The van der Waals surface area contributed by atoms with Gasteiger partial charge in [-0.25, -0.2) is 9.97 Å². The van der Waals surface area contributed by atoms with Gasteiger partial charge in [-0.05, 0) is 30.8 Å². The molecule has 3 nitrogen and oxygen atoms in total. The van der Waals surface area contributed by atoms with E-state index in [0.29, 0.717) is 30.5 Å². The third-order valence-corrected chi connectivity index (χ3v) is 4.75. The average molecular weight is 336 g/mol. The number of piperidine rings is 1. The highest BCUT2D eigenvalue weighted by molar-refractivity contribution is 7.16. The van der Waals surface area contributed by atoms with E-state index in [1.165, 1.54) is 11.3 Å². The number of halogens is 4. The molecule has 0 saturated carbocycles. The molecule has 2 aromatic heterocycles. The van der Waals surface area contributed by atoms with Crippen LogP contribution in [0.3, 0.4) is 0 Å². The Morgan fingerprint density at radius 3 is 2.95 bits per heavy atom. The second kappa shape index (κ2) is 5.70. The van der Waals surface area contributed by atoms with E-state index >= 15 is 0 Å². The van der Waals surface area contributed by atoms with E-state index in [-0.39, 0.29) is 13.0 Å². The first kappa shape index (κ1) is 15.0. The smallest absolute Gasteiger partial charge is 0.295 e. The number of rotatable bonds is 2. The van der Waals surface area contributed by atoms with Gasteiger partial charge in [0.15, 0.2) is 0 Å². The molecule has 1 unspecified atom stereocenters. The zero-order valence-electron chi connectivity index (χ0n) is 11.0. The van der Waals surface area contributed by atoms with Gasteiger partial charge in [-0.2, -0.15) is 13.2 Å².